The van der Waals surface area contributed by atoms with Gasteiger partial charge < -0.3 is 14.9 Å². The van der Waals surface area contributed by atoms with E-state index in [1.54, 1.807) is 0 Å². The highest BCUT2D eigenvalue weighted by Crippen LogP contribution is 2.16. The summed E-state index contributed by atoms with van der Waals surface area (Å²) < 4.78 is 3.32. The highest BCUT2D eigenvalue weighted by Gasteiger charge is 2.20. The molecule has 0 atom stereocenters. The van der Waals surface area contributed by atoms with Crippen molar-refractivity contribution in [3.63, 3.8) is 0 Å². The number of carbonyl (C=O) groups is 1. The van der Waals surface area contributed by atoms with Crippen LogP contribution in [0.4, 0.5) is 0 Å². The van der Waals surface area contributed by atoms with E-state index in [4.69, 9.17) is 0 Å². The summed E-state index contributed by atoms with van der Waals surface area (Å²) in [4.78, 5) is 32.7. The SMILES string of the molecule is Cc1ccc2c(c1)[nH]c(=O)c1c(C(=O)NCc3nc4ccccc4n3C)nnn12. The molecular formula is C20H17N7O2. The van der Waals surface area contributed by atoms with Gasteiger partial charge in [-0.15, -0.1) is 5.10 Å². The zero-order valence-corrected chi connectivity index (χ0v) is 15.8. The minimum absolute atomic E-state index is 0.0208. The molecule has 5 rings (SSSR count). The van der Waals surface area contributed by atoms with Crippen LogP contribution in [0.25, 0.3) is 27.6 Å². The quantitative estimate of drug-likeness (QED) is 0.490. The van der Waals surface area contributed by atoms with Crippen molar-refractivity contribution in [1.82, 2.24) is 34.7 Å². The molecule has 0 radical (unpaired) electrons. The number of imidazole rings is 1. The molecule has 0 aliphatic heterocycles. The summed E-state index contributed by atoms with van der Waals surface area (Å²) in [6, 6.07) is 13.3. The first-order valence-corrected chi connectivity index (χ1v) is 9.09. The Bertz CT molecular complexity index is 1480. The number of aromatic nitrogens is 6. The van der Waals surface area contributed by atoms with Crippen molar-refractivity contribution in [2.24, 2.45) is 7.05 Å². The Morgan fingerprint density at radius 3 is 2.83 bits per heavy atom. The first kappa shape index (κ1) is 17.1. The number of rotatable bonds is 3. The van der Waals surface area contributed by atoms with Crippen LogP contribution in [0.2, 0.25) is 0 Å². The maximum Gasteiger partial charge on any atom is 0.277 e. The largest absolute Gasteiger partial charge is 0.343 e. The number of aryl methyl sites for hydroxylation is 2. The minimum atomic E-state index is -0.482. The fourth-order valence-corrected chi connectivity index (χ4v) is 3.52. The zero-order chi connectivity index (χ0) is 20.1. The van der Waals surface area contributed by atoms with Crippen LogP contribution in [0.1, 0.15) is 21.9 Å². The van der Waals surface area contributed by atoms with Gasteiger partial charge in [0.05, 0.1) is 28.6 Å². The Kier molecular flexibility index (Phi) is 3.70. The number of nitrogens with zero attached hydrogens (tertiary/aromatic N) is 5. The fourth-order valence-electron chi connectivity index (χ4n) is 3.52. The van der Waals surface area contributed by atoms with Gasteiger partial charge in [0.25, 0.3) is 11.5 Å². The van der Waals surface area contributed by atoms with Gasteiger partial charge in [-0.3, -0.25) is 9.59 Å². The van der Waals surface area contributed by atoms with Crippen molar-refractivity contribution >= 4 is 33.5 Å². The number of fused-ring (bicyclic) bond motifs is 4. The van der Waals surface area contributed by atoms with Gasteiger partial charge in [0.15, 0.2) is 11.2 Å². The predicted molar refractivity (Wildman–Crippen MR) is 108 cm³/mol. The van der Waals surface area contributed by atoms with Gasteiger partial charge in [0.1, 0.15) is 5.82 Å². The Labute approximate surface area is 164 Å². The lowest BCUT2D eigenvalue weighted by Gasteiger charge is -2.05. The second-order valence-electron chi connectivity index (χ2n) is 6.93. The van der Waals surface area contributed by atoms with Crippen molar-refractivity contribution in [1.29, 1.82) is 0 Å². The maximum atomic E-state index is 12.7. The van der Waals surface area contributed by atoms with E-state index in [0.29, 0.717) is 16.9 Å². The van der Waals surface area contributed by atoms with Gasteiger partial charge in [-0.1, -0.05) is 23.4 Å². The molecule has 3 aromatic heterocycles. The lowest BCUT2D eigenvalue weighted by Crippen LogP contribution is -2.26. The lowest BCUT2D eigenvalue weighted by atomic mass is 10.2. The van der Waals surface area contributed by atoms with Crippen LogP contribution in [0.3, 0.4) is 0 Å². The van der Waals surface area contributed by atoms with Crippen molar-refractivity contribution < 1.29 is 4.79 Å². The molecule has 0 aliphatic rings. The van der Waals surface area contributed by atoms with Crippen LogP contribution >= 0.6 is 0 Å². The first-order valence-electron chi connectivity index (χ1n) is 9.09. The van der Waals surface area contributed by atoms with Crippen LogP contribution in [-0.2, 0) is 13.6 Å². The van der Waals surface area contributed by atoms with Gasteiger partial charge >= 0.3 is 0 Å². The molecule has 0 bridgehead atoms. The van der Waals surface area contributed by atoms with Crippen LogP contribution < -0.4 is 10.9 Å². The van der Waals surface area contributed by atoms with Gasteiger partial charge in [-0.2, -0.15) is 0 Å². The third-order valence-electron chi connectivity index (χ3n) is 5.02. The van der Waals surface area contributed by atoms with Gasteiger partial charge in [0, 0.05) is 7.05 Å². The third kappa shape index (κ3) is 2.66. The molecule has 0 spiro atoms. The number of para-hydroxylation sites is 2. The second-order valence-corrected chi connectivity index (χ2v) is 6.93. The number of amides is 1. The Hall–Kier alpha value is -4.01. The Balaban J connectivity index is 1.50. The van der Waals surface area contributed by atoms with Crippen molar-refractivity contribution in [3.05, 3.63) is 69.9 Å². The number of benzene rings is 2. The Morgan fingerprint density at radius 1 is 1.17 bits per heavy atom. The molecule has 0 aliphatic carbocycles. The maximum absolute atomic E-state index is 12.7. The van der Waals surface area contributed by atoms with Gasteiger partial charge in [0.2, 0.25) is 0 Å². The summed E-state index contributed by atoms with van der Waals surface area (Å²) in [5.41, 5.74) is 3.83. The van der Waals surface area contributed by atoms with Gasteiger partial charge in [-0.25, -0.2) is 9.50 Å². The standard InChI is InChI=1S/C20H17N7O2/c1-11-7-8-15-13(9-11)23-20(29)18-17(24-25-27(15)18)19(28)21-10-16-22-12-5-3-4-6-14(12)26(16)2/h3-9H,10H2,1-2H3,(H,21,28)(H,23,29). The van der Waals surface area contributed by atoms with E-state index in [2.05, 4.69) is 25.6 Å². The number of nitrogens with one attached hydrogen (secondary N) is 2. The molecule has 29 heavy (non-hydrogen) atoms. The van der Waals surface area contributed by atoms with Crippen molar-refractivity contribution in [2.75, 3.05) is 0 Å². The summed E-state index contributed by atoms with van der Waals surface area (Å²) in [7, 11) is 1.89. The third-order valence-corrected chi connectivity index (χ3v) is 5.02. The van der Waals surface area contributed by atoms with E-state index in [0.717, 1.165) is 16.6 Å². The minimum Gasteiger partial charge on any atom is -0.343 e. The van der Waals surface area contributed by atoms with Gasteiger partial charge in [-0.05, 0) is 36.8 Å². The van der Waals surface area contributed by atoms with Crippen LogP contribution in [0.5, 0.6) is 0 Å². The average Bonchev–Trinajstić information content (AvgIpc) is 3.29. The smallest absolute Gasteiger partial charge is 0.277 e. The number of H-pyrrole nitrogens is 1. The predicted octanol–water partition coefficient (Wildman–Crippen LogP) is 1.70. The topological polar surface area (TPSA) is 110 Å². The molecule has 2 aromatic carbocycles. The molecule has 2 N–H and O–H groups in total. The molecule has 5 aromatic rings. The highest BCUT2D eigenvalue weighted by atomic mass is 16.2. The molecule has 0 fully saturated rings. The van der Waals surface area contributed by atoms with E-state index < -0.39 is 11.5 Å². The normalized spacial score (nSPS) is 11.5. The molecule has 0 saturated heterocycles. The molecule has 9 heteroatoms. The Morgan fingerprint density at radius 2 is 2.00 bits per heavy atom. The second kappa shape index (κ2) is 6.26. The van der Waals surface area contributed by atoms with Crippen LogP contribution in [0, 0.1) is 6.92 Å². The van der Waals surface area contributed by atoms with E-state index in [1.807, 2.05) is 61.0 Å². The summed E-state index contributed by atoms with van der Waals surface area (Å²) >= 11 is 0. The molecule has 144 valence electrons. The van der Waals surface area contributed by atoms with E-state index in [1.165, 1.54) is 4.52 Å². The van der Waals surface area contributed by atoms with Crippen molar-refractivity contribution in [3.8, 4) is 0 Å². The monoisotopic (exact) mass is 387 g/mol. The summed E-state index contributed by atoms with van der Waals surface area (Å²) in [6.45, 7) is 2.14. The number of aromatic amines is 1. The number of hydrogen-bond acceptors (Lipinski definition) is 5. The average molecular weight is 387 g/mol. The fraction of sp³-hybridized carbons (Fsp3) is 0.150. The molecule has 0 saturated carbocycles. The zero-order valence-electron chi connectivity index (χ0n) is 15.8. The molecule has 1 amide bonds. The first-order chi connectivity index (χ1) is 14.0. The summed E-state index contributed by atoms with van der Waals surface area (Å²) in [5.74, 6) is 0.217. The van der Waals surface area contributed by atoms with Crippen LogP contribution in [0.15, 0.2) is 47.3 Å². The number of hydrogen-bond donors (Lipinski definition) is 2. The summed E-state index contributed by atoms with van der Waals surface area (Å²) in [5, 5.41) is 10.8. The summed E-state index contributed by atoms with van der Waals surface area (Å²) in [6.07, 6.45) is 0. The highest BCUT2D eigenvalue weighted by molar-refractivity contribution is 5.99. The van der Waals surface area contributed by atoms with E-state index in [9.17, 15) is 9.59 Å². The van der Waals surface area contributed by atoms with E-state index >= 15 is 0 Å². The molecular weight excluding hydrogens is 370 g/mol. The molecule has 3 heterocycles. The molecule has 9 nitrogen and oxygen atoms in total. The van der Waals surface area contributed by atoms with E-state index in [-0.39, 0.29) is 17.8 Å². The molecule has 0 unspecified atom stereocenters. The van der Waals surface area contributed by atoms with Crippen molar-refractivity contribution in [2.45, 2.75) is 13.5 Å². The van der Waals surface area contributed by atoms with Crippen LogP contribution in [-0.4, -0.2) is 35.3 Å². The lowest BCUT2D eigenvalue weighted by molar-refractivity contribution is 0.0946. The number of carbonyl (C=O) groups excluding carboxylic acids is 1.